The molecule has 0 amide bonds. The van der Waals surface area contributed by atoms with Crippen LogP contribution >= 0.6 is 0 Å². The molecule has 0 aliphatic carbocycles. The Morgan fingerprint density at radius 3 is 2.33 bits per heavy atom. The lowest BCUT2D eigenvalue weighted by Crippen LogP contribution is -2.00. The summed E-state index contributed by atoms with van der Waals surface area (Å²) < 4.78 is 10.8. The number of nitro groups is 1. The van der Waals surface area contributed by atoms with Gasteiger partial charge in [-0.3, -0.25) is 10.1 Å². The van der Waals surface area contributed by atoms with Gasteiger partial charge in [0.25, 0.3) is 0 Å². The van der Waals surface area contributed by atoms with Crippen molar-refractivity contribution in [2.45, 2.75) is 39.5 Å². The largest absolute Gasteiger partial charge is 0.496 e. The van der Waals surface area contributed by atoms with E-state index >= 15 is 0 Å². The molecule has 0 aromatic heterocycles. The molecule has 0 heterocycles. The Kier molecular flexibility index (Phi) is 6.72. The number of hydrogen-bond donors (Lipinski definition) is 0. The van der Waals surface area contributed by atoms with Crippen molar-refractivity contribution in [3.8, 4) is 11.5 Å². The predicted octanol–water partition coefficient (Wildman–Crippen LogP) is 4.07. The predicted molar refractivity (Wildman–Crippen MR) is 83.4 cm³/mol. The summed E-state index contributed by atoms with van der Waals surface area (Å²) in [6.45, 7) is 4.01. The molecule has 0 fully saturated rings. The number of hydrogen-bond acceptors (Lipinski definition) is 4. The third kappa shape index (κ3) is 4.48. The van der Waals surface area contributed by atoms with E-state index in [4.69, 9.17) is 9.47 Å². The lowest BCUT2D eigenvalue weighted by atomic mass is 10.0. The van der Waals surface area contributed by atoms with Crippen molar-refractivity contribution < 1.29 is 14.4 Å². The zero-order chi connectivity index (χ0) is 15.8. The van der Waals surface area contributed by atoms with Crippen molar-refractivity contribution in [1.82, 2.24) is 0 Å². The molecule has 0 aliphatic heterocycles. The van der Waals surface area contributed by atoms with Gasteiger partial charge in [-0.15, -0.1) is 0 Å². The highest BCUT2D eigenvalue weighted by atomic mass is 16.6. The first kappa shape index (κ1) is 17.0. The fourth-order valence-electron chi connectivity index (χ4n) is 2.21. The standard InChI is InChI=1S/C16H23NO4/c1-5-7-12-10-16(21-4)13(11-15(12)20-3)9-14(8-6-2)17(18)19/h9-11H,5-8H2,1-4H3/b14-9+. The van der Waals surface area contributed by atoms with Crippen LogP contribution in [-0.2, 0) is 6.42 Å². The second kappa shape index (κ2) is 8.29. The first-order valence-electron chi connectivity index (χ1n) is 7.17. The Bertz CT molecular complexity index is 523. The van der Waals surface area contributed by atoms with Crippen molar-refractivity contribution in [3.63, 3.8) is 0 Å². The molecule has 116 valence electrons. The number of benzene rings is 1. The molecule has 1 aromatic rings. The fraction of sp³-hybridized carbons (Fsp3) is 0.500. The van der Waals surface area contributed by atoms with Crippen LogP contribution in [-0.4, -0.2) is 19.1 Å². The quantitative estimate of drug-likeness (QED) is 0.535. The van der Waals surface area contributed by atoms with Crippen LogP contribution < -0.4 is 9.47 Å². The summed E-state index contributed by atoms with van der Waals surface area (Å²) in [7, 11) is 3.18. The lowest BCUT2D eigenvalue weighted by molar-refractivity contribution is -0.426. The van der Waals surface area contributed by atoms with Crippen LogP contribution in [0.4, 0.5) is 0 Å². The maximum atomic E-state index is 11.1. The van der Waals surface area contributed by atoms with Crippen molar-refractivity contribution in [1.29, 1.82) is 0 Å². The average Bonchev–Trinajstić information content (AvgIpc) is 2.47. The summed E-state index contributed by atoms with van der Waals surface area (Å²) in [5.41, 5.74) is 1.91. The Morgan fingerprint density at radius 2 is 1.86 bits per heavy atom. The minimum Gasteiger partial charge on any atom is -0.496 e. The Morgan fingerprint density at radius 1 is 1.19 bits per heavy atom. The number of methoxy groups -OCH3 is 2. The molecular formula is C16H23NO4. The Balaban J connectivity index is 3.33. The molecule has 0 bridgehead atoms. The van der Waals surface area contributed by atoms with Crippen LogP contribution in [0, 0.1) is 10.1 Å². The zero-order valence-electron chi connectivity index (χ0n) is 13.1. The number of rotatable bonds is 8. The molecule has 5 nitrogen and oxygen atoms in total. The van der Waals surface area contributed by atoms with Gasteiger partial charge in [0, 0.05) is 18.1 Å². The van der Waals surface area contributed by atoms with Gasteiger partial charge in [-0.05, 0) is 30.5 Å². The minimum atomic E-state index is -0.338. The summed E-state index contributed by atoms with van der Waals surface area (Å²) in [6, 6.07) is 3.71. The van der Waals surface area contributed by atoms with Crippen LogP contribution in [0.25, 0.3) is 6.08 Å². The Labute approximate surface area is 125 Å². The second-order valence-electron chi connectivity index (χ2n) is 4.80. The third-order valence-corrected chi connectivity index (χ3v) is 3.21. The molecule has 0 unspecified atom stereocenters. The van der Waals surface area contributed by atoms with E-state index in [1.807, 2.05) is 19.1 Å². The highest BCUT2D eigenvalue weighted by molar-refractivity contribution is 5.62. The van der Waals surface area contributed by atoms with Crippen LogP contribution in [0.1, 0.15) is 44.2 Å². The van der Waals surface area contributed by atoms with Gasteiger partial charge in [-0.1, -0.05) is 20.3 Å². The van der Waals surface area contributed by atoms with E-state index in [9.17, 15) is 10.1 Å². The number of ether oxygens (including phenoxy) is 2. The van der Waals surface area contributed by atoms with Gasteiger partial charge in [0.05, 0.1) is 19.1 Å². The molecule has 0 spiro atoms. The molecule has 0 aliphatic rings. The molecule has 0 N–H and O–H groups in total. The van der Waals surface area contributed by atoms with Gasteiger partial charge in [-0.2, -0.15) is 0 Å². The number of nitrogens with zero attached hydrogens (tertiary/aromatic N) is 1. The SMILES string of the molecule is CCC/C(=C\c1cc(OC)c(CCC)cc1OC)[N+](=O)[O-]. The molecular weight excluding hydrogens is 270 g/mol. The lowest BCUT2D eigenvalue weighted by Gasteiger charge is -2.13. The van der Waals surface area contributed by atoms with E-state index in [0.29, 0.717) is 17.7 Å². The van der Waals surface area contributed by atoms with E-state index in [2.05, 4.69) is 6.92 Å². The van der Waals surface area contributed by atoms with Gasteiger partial charge >= 0.3 is 0 Å². The zero-order valence-corrected chi connectivity index (χ0v) is 13.1. The van der Waals surface area contributed by atoms with E-state index in [1.54, 1.807) is 20.3 Å². The highest BCUT2D eigenvalue weighted by Gasteiger charge is 2.14. The topological polar surface area (TPSA) is 61.6 Å². The molecule has 21 heavy (non-hydrogen) atoms. The highest BCUT2D eigenvalue weighted by Crippen LogP contribution is 2.31. The summed E-state index contributed by atoms with van der Waals surface area (Å²) in [6.07, 6.45) is 4.58. The molecule has 5 heteroatoms. The van der Waals surface area contributed by atoms with E-state index < -0.39 is 0 Å². The second-order valence-corrected chi connectivity index (χ2v) is 4.80. The first-order valence-corrected chi connectivity index (χ1v) is 7.17. The van der Waals surface area contributed by atoms with E-state index in [1.165, 1.54) is 0 Å². The molecule has 1 aromatic carbocycles. The summed E-state index contributed by atoms with van der Waals surface area (Å²) in [4.78, 5) is 10.7. The smallest absolute Gasteiger partial charge is 0.246 e. The van der Waals surface area contributed by atoms with Crippen molar-refractivity contribution >= 4 is 6.08 Å². The van der Waals surface area contributed by atoms with Gasteiger partial charge in [0.1, 0.15) is 11.5 Å². The molecule has 1 rings (SSSR count). The fourth-order valence-corrected chi connectivity index (χ4v) is 2.21. The maximum Gasteiger partial charge on any atom is 0.246 e. The molecule has 0 atom stereocenters. The third-order valence-electron chi connectivity index (χ3n) is 3.21. The van der Waals surface area contributed by atoms with Crippen molar-refractivity contribution in [3.05, 3.63) is 39.1 Å². The minimum absolute atomic E-state index is 0.182. The van der Waals surface area contributed by atoms with Crippen LogP contribution in [0.5, 0.6) is 11.5 Å². The van der Waals surface area contributed by atoms with Gasteiger partial charge in [0.2, 0.25) is 5.70 Å². The number of aryl methyl sites for hydroxylation is 1. The molecule has 0 radical (unpaired) electrons. The average molecular weight is 293 g/mol. The van der Waals surface area contributed by atoms with Crippen molar-refractivity contribution in [2.75, 3.05) is 14.2 Å². The Hall–Kier alpha value is -2.04. The van der Waals surface area contributed by atoms with Crippen LogP contribution in [0.3, 0.4) is 0 Å². The van der Waals surface area contributed by atoms with Gasteiger partial charge in [0.15, 0.2) is 0 Å². The van der Waals surface area contributed by atoms with Gasteiger partial charge < -0.3 is 9.47 Å². The first-order chi connectivity index (χ1) is 10.1. The van der Waals surface area contributed by atoms with Crippen LogP contribution in [0.2, 0.25) is 0 Å². The van der Waals surface area contributed by atoms with Crippen LogP contribution in [0.15, 0.2) is 17.8 Å². The number of allylic oxidation sites excluding steroid dienone is 1. The summed E-state index contributed by atoms with van der Waals surface area (Å²) >= 11 is 0. The maximum absolute atomic E-state index is 11.1. The summed E-state index contributed by atoms with van der Waals surface area (Å²) in [5, 5.41) is 11.1. The molecule has 0 saturated carbocycles. The van der Waals surface area contributed by atoms with E-state index in [-0.39, 0.29) is 10.6 Å². The van der Waals surface area contributed by atoms with Gasteiger partial charge in [-0.25, -0.2) is 0 Å². The van der Waals surface area contributed by atoms with E-state index in [0.717, 1.165) is 30.6 Å². The monoisotopic (exact) mass is 293 g/mol. The summed E-state index contributed by atoms with van der Waals surface area (Å²) in [5.74, 6) is 1.37. The normalized spacial score (nSPS) is 11.3. The molecule has 0 saturated heterocycles. The van der Waals surface area contributed by atoms with Crippen molar-refractivity contribution in [2.24, 2.45) is 0 Å².